The summed E-state index contributed by atoms with van der Waals surface area (Å²) >= 11 is 9.27. The highest BCUT2D eigenvalue weighted by molar-refractivity contribution is 9.10. The molecule has 1 aromatic rings. The summed E-state index contributed by atoms with van der Waals surface area (Å²) in [6.45, 7) is 8.64. The molecule has 0 fully saturated rings. The molecule has 1 heterocycles. The van der Waals surface area contributed by atoms with Gasteiger partial charge in [0.1, 0.15) is 5.82 Å². The van der Waals surface area contributed by atoms with Crippen molar-refractivity contribution in [3.8, 4) is 0 Å². The molecule has 0 aliphatic heterocycles. The van der Waals surface area contributed by atoms with E-state index in [1.54, 1.807) is 6.20 Å². The molecule has 0 saturated heterocycles. The van der Waals surface area contributed by atoms with Crippen LogP contribution in [0.2, 0.25) is 5.02 Å². The van der Waals surface area contributed by atoms with Crippen LogP contribution in [0.5, 0.6) is 0 Å². The van der Waals surface area contributed by atoms with Gasteiger partial charge in [-0.25, -0.2) is 4.98 Å². The summed E-state index contributed by atoms with van der Waals surface area (Å²) in [4.78, 5) is 6.64. The first-order valence-electron chi connectivity index (χ1n) is 5.94. The van der Waals surface area contributed by atoms with Crippen LogP contribution in [0.3, 0.4) is 0 Å². The monoisotopic (exact) mass is 319 g/mol. The average molecular weight is 321 g/mol. The lowest BCUT2D eigenvalue weighted by Crippen LogP contribution is -2.25. The summed E-state index contributed by atoms with van der Waals surface area (Å²) in [7, 11) is 0. The van der Waals surface area contributed by atoms with Crippen LogP contribution in [0, 0.1) is 0 Å². The van der Waals surface area contributed by atoms with Crippen molar-refractivity contribution in [3.63, 3.8) is 0 Å². The molecular weight excluding hydrogens is 302 g/mol. The van der Waals surface area contributed by atoms with Gasteiger partial charge in [-0.05, 0) is 48.1 Å². The van der Waals surface area contributed by atoms with Crippen LogP contribution in [0.25, 0.3) is 0 Å². The Kier molecular flexibility index (Phi) is 6.85. The summed E-state index contributed by atoms with van der Waals surface area (Å²) in [5.41, 5.74) is 0. The molecule has 0 spiro atoms. The highest BCUT2D eigenvalue weighted by Crippen LogP contribution is 2.22. The summed E-state index contributed by atoms with van der Waals surface area (Å²) < 4.78 is 0.910. The van der Waals surface area contributed by atoms with Crippen molar-refractivity contribution in [3.05, 3.63) is 21.8 Å². The molecule has 0 aromatic carbocycles. The Bertz CT molecular complexity index is 343. The van der Waals surface area contributed by atoms with Gasteiger partial charge in [-0.15, -0.1) is 0 Å². The number of hydrogen-bond acceptors (Lipinski definition) is 3. The number of aromatic nitrogens is 1. The van der Waals surface area contributed by atoms with Gasteiger partial charge in [0.2, 0.25) is 0 Å². The van der Waals surface area contributed by atoms with E-state index in [0.717, 1.165) is 42.9 Å². The lowest BCUT2D eigenvalue weighted by Gasteiger charge is -2.17. The fourth-order valence-electron chi connectivity index (χ4n) is 1.59. The normalized spacial score (nSPS) is 10.9. The Labute approximate surface area is 117 Å². The minimum Gasteiger partial charge on any atom is -0.369 e. The molecule has 1 rings (SSSR count). The molecule has 0 radical (unpaired) electrons. The van der Waals surface area contributed by atoms with E-state index < -0.39 is 0 Å². The van der Waals surface area contributed by atoms with E-state index in [9.17, 15) is 0 Å². The van der Waals surface area contributed by atoms with Gasteiger partial charge in [-0.2, -0.15) is 0 Å². The number of halogens is 2. The largest absolute Gasteiger partial charge is 0.369 e. The molecule has 0 aliphatic rings. The van der Waals surface area contributed by atoms with Crippen molar-refractivity contribution in [2.45, 2.75) is 20.3 Å². The number of rotatable bonds is 7. The highest BCUT2D eigenvalue weighted by atomic mass is 79.9. The van der Waals surface area contributed by atoms with Crippen LogP contribution in [-0.2, 0) is 0 Å². The molecular formula is C12H19BrClN3. The van der Waals surface area contributed by atoms with E-state index in [0.29, 0.717) is 5.02 Å². The number of hydrogen-bond donors (Lipinski definition) is 1. The molecule has 1 N–H and O–H groups in total. The fraction of sp³-hybridized carbons (Fsp3) is 0.583. The molecule has 1 aromatic heterocycles. The summed E-state index contributed by atoms with van der Waals surface area (Å²) in [5, 5.41) is 3.94. The lowest BCUT2D eigenvalue weighted by molar-refractivity contribution is 0.303. The first-order chi connectivity index (χ1) is 8.17. The van der Waals surface area contributed by atoms with Gasteiger partial charge in [0.05, 0.1) is 9.50 Å². The van der Waals surface area contributed by atoms with Crippen LogP contribution in [0.1, 0.15) is 20.3 Å². The third-order valence-corrected chi connectivity index (χ3v) is 3.46. The van der Waals surface area contributed by atoms with E-state index in [4.69, 9.17) is 11.6 Å². The van der Waals surface area contributed by atoms with E-state index in [1.165, 1.54) is 0 Å². The zero-order valence-electron chi connectivity index (χ0n) is 10.3. The zero-order chi connectivity index (χ0) is 12.7. The maximum Gasteiger partial charge on any atom is 0.140 e. The lowest BCUT2D eigenvalue weighted by atomic mass is 10.3. The van der Waals surface area contributed by atoms with E-state index >= 15 is 0 Å². The fourth-order valence-corrected chi connectivity index (χ4v) is 2.37. The Morgan fingerprint density at radius 3 is 2.71 bits per heavy atom. The van der Waals surface area contributed by atoms with Gasteiger partial charge in [0.25, 0.3) is 0 Å². The SMILES string of the molecule is CCN(CC)CCCNc1ncc(Cl)cc1Br. The van der Waals surface area contributed by atoms with E-state index in [2.05, 4.69) is 45.0 Å². The minimum atomic E-state index is 0.644. The van der Waals surface area contributed by atoms with Gasteiger partial charge < -0.3 is 10.2 Å². The topological polar surface area (TPSA) is 28.2 Å². The van der Waals surface area contributed by atoms with Crippen molar-refractivity contribution in [2.24, 2.45) is 0 Å². The predicted octanol–water partition coefficient (Wildman–Crippen LogP) is 3.64. The molecule has 0 bridgehead atoms. The van der Waals surface area contributed by atoms with Crippen LogP contribution < -0.4 is 5.32 Å². The van der Waals surface area contributed by atoms with Crippen LogP contribution in [0.15, 0.2) is 16.7 Å². The van der Waals surface area contributed by atoms with E-state index in [-0.39, 0.29) is 0 Å². The Hall–Kier alpha value is -0.320. The summed E-state index contributed by atoms with van der Waals surface area (Å²) in [6, 6.07) is 1.85. The average Bonchev–Trinajstić information content (AvgIpc) is 2.32. The Morgan fingerprint density at radius 2 is 2.12 bits per heavy atom. The summed E-state index contributed by atoms with van der Waals surface area (Å²) in [6.07, 6.45) is 2.76. The van der Waals surface area contributed by atoms with E-state index in [1.807, 2.05) is 6.07 Å². The van der Waals surface area contributed by atoms with Gasteiger partial charge in [0, 0.05) is 12.7 Å². The second-order valence-electron chi connectivity index (χ2n) is 3.79. The standard InChI is InChI=1S/C12H19BrClN3/c1-3-17(4-2)7-5-6-15-12-11(13)8-10(14)9-16-12/h8-9H,3-7H2,1-2H3,(H,15,16). The smallest absolute Gasteiger partial charge is 0.140 e. The van der Waals surface area contributed by atoms with Crippen molar-refractivity contribution in [1.82, 2.24) is 9.88 Å². The molecule has 0 unspecified atom stereocenters. The number of nitrogens with one attached hydrogen (secondary N) is 1. The molecule has 3 nitrogen and oxygen atoms in total. The first kappa shape index (κ1) is 14.7. The molecule has 0 saturated carbocycles. The third kappa shape index (κ3) is 5.23. The second-order valence-corrected chi connectivity index (χ2v) is 5.08. The maximum absolute atomic E-state index is 5.83. The first-order valence-corrected chi connectivity index (χ1v) is 7.11. The number of pyridine rings is 1. The van der Waals surface area contributed by atoms with Gasteiger partial charge >= 0.3 is 0 Å². The van der Waals surface area contributed by atoms with Crippen LogP contribution >= 0.6 is 27.5 Å². The van der Waals surface area contributed by atoms with Gasteiger partial charge in [-0.1, -0.05) is 25.4 Å². The Balaban J connectivity index is 2.31. The minimum absolute atomic E-state index is 0.644. The molecule has 5 heteroatoms. The molecule has 0 aliphatic carbocycles. The van der Waals surface area contributed by atoms with Crippen molar-refractivity contribution < 1.29 is 0 Å². The third-order valence-electron chi connectivity index (χ3n) is 2.65. The zero-order valence-corrected chi connectivity index (χ0v) is 12.7. The predicted molar refractivity (Wildman–Crippen MR) is 77.8 cm³/mol. The van der Waals surface area contributed by atoms with Crippen LogP contribution in [0.4, 0.5) is 5.82 Å². The Morgan fingerprint density at radius 1 is 1.41 bits per heavy atom. The number of anilines is 1. The van der Waals surface area contributed by atoms with Crippen molar-refractivity contribution in [1.29, 1.82) is 0 Å². The van der Waals surface area contributed by atoms with Gasteiger partial charge in [-0.3, -0.25) is 0 Å². The molecule has 96 valence electrons. The van der Waals surface area contributed by atoms with Crippen molar-refractivity contribution >= 4 is 33.3 Å². The maximum atomic E-state index is 5.83. The van der Waals surface area contributed by atoms with Gasteiger partial charge in [0.15, 0.2) is 0 Å². The molecule has 17 heavy (non-hydrogen) atoms. The second kappa shape index (κ2) is 7.90. The summed E-state index contributed by atoms with van der Waals surface area (Å²) in [5.74, 6) is 0.856. The number of nitrogens with zero attached hydrogens (tertiary/aromatic N) is 2. The van der Waals surface area contributed by atoms with Crippen molar-refractivity contribution in [2.75, 3.05) is 31.5 Å². The quantitative estimate of drug-likeness (QED) is 0.777. The molecule has 0 atom stereocenters. The van der Waals surface area contributed by atoms with Crippen LogP contribution in [-0.4, -0.2) is 36.1 Å². The highest BCUT2D eigenvalue weighted by Gasteiger charge is 2.02. The molecule has 0 amide bonds.